The van der Waals surface area contributed by atoms with Crippen LogP contribution in [-0.4, -0.2) is 23.1 Å². The lowest BCUT2D eigenvalue weighted by atomic mass is 10.2. The quantitative estimate of drug-likeness (QED) is 0.877. The first-order chi connectivity index (χ1) is 9.67. The summed E-state index contributed by atoms with van der Waals surface area (Å²) in [4.78, 5) is 8.31. The fourth-order valence-electron chi connectivity index (χ4n) is 1.68. The Balaban J connectivity index is 2.05. The van der Waals surface area contributed by atoms with E-state index in [9.17, 15) is 0 Å². The van der Waals surface area contributed by atoms with E-state index < -0.39 is 0 Å². The van der Waals surface area contributed by atoms with Crippen LogP contribution >= 0.6 is 0 Å². The van der Waals surface area contributed by atoms with Crippen LogP contribution < -0.4 is 14.8 Å². The highest BCUT2D eigenvalue weighted by atomic mass is 16.5. The molecule has 0 amide bonds. The second-order valence-corrected chi connectivity index (χ2v) is 4.64. The first-order valence-corrected chi connectivity index (χ1v) is 6.57. The molecule has 5 heteroatoms. The van der Waals surface area contributed by atoms with Gasteiger partial charge in [-0.25, -0.2) is 0 Å². The molecular formula is C15H19N3O2. The molecule has 0 aliphatic carbocycles. The zero-order valence-corrected chi connectivity index (χ0v) is 12.0. The number of ether oxygens (including phenoxy) is 2. The van der Waals surface area contributed by atoms with Crippen LogP contribution in [0.3, 0.4) is 0 Å². The third-order valence-electron chi connectivity index (χ3n) is 2.47. The summed E-state index contributed by atoms with van der Waals surface area (Å²) in [6.07, 6.45) is 3.19. The predicted octanol–water partition coefficient (Wildman–Crippen LogP) is 2.78. The second-order valence-electron chi connectivity index (χ2n) is 4.64. The molecule has 0 aliphatic rings. The molecule has 0 radical (unpaired) electrons. The van der Waals surface area contributed by atoms with Crippen LogP contribution in [0, 0.1) is 0 Å². The molecule has 1 aromatic heterocycles. The molecule has 0 saturated heterocycles. The highest BCUT2D eigenvalue weighted by Gasteiger charge is 2.04. The monoisotopic (exact) mass is 273 g/mol. The van der Waals surface area contributed by atoms with Crippen LogP contribution in [0.15, 0.2) is 36.7 Å². The van der Waals surface area contributed by atoms with Gasteiger partial charge in [0.2, 0.25) is 11.8 Å². The number of benzene rings is 1. The summed E-state index contributed by atoms with van der Waals surface area (Å²) in [6.45, 7) is 4.71. The van der Waals surface area contributed by atoms with Gasteiger partial charge in [0.15, 0.2) is 0 Å². The van der Waals surface area contributed by atoms with E-state index in [0.717, 1.165) is 12.3 Å². The van der Waals surface area contributed by atoms with Crippen LogP contribution in [0.5, 0.6) is 17.5 Å². The fourth-order valence-corrected chi connectivity index (χ4v) is 1.68. The molecule has 2 rings (SSSR count). The molecular weight excluding hydrogens is 254 g/mol. The summed E-state index contributed by atoms with van der Waals surface area (Å²) in [5.74, 6) is 1.61. The van der Waals surface area contributed by atoms with Crippen LogP contribution in [0.1, 0.15) is 19.4 Å². The highest BCUT2D eigenvalue weighted by molar-refractivity contribution is 5.30. The Morgan fingerprint density at radius 2 is 1.80 bits per heavy atom. The minimum Gasteiger partial charge on any atom is -0.474 e. The summed E-state index contributed by atoms with van der Waals surface area (Å²) in [5, 5.41) is 3.10. The SMILES string of the molecule is CNCc1ccc(Oc2cncc(OC(C)C)n2)cc1. The summed E-state index contributed by atoms with van der Waals surface area (Å²) in [7, 11) is 1.92. The lowest BCUT2D eigenvalue weighted by Crippen LogP contribution is -2.07. The molecule has 0 bridgehead atoms. The fraction of sp³-hybridized carbons (Fsp3) is 0.333. The number of hydrogen-bond acceptors (Lipinski definition) is 5. The molecule has 106 valence electrons. The molecule has 0 spiro atoms. The maximum atomic E-state index is 5.66. The average Bonchev–Trinajstić information content (AvgIpc) is 2.41. The Kier molecular flexibility index (Phi) is 4.90. The Morgan fingerprint density at radius 3 is 2.45 bits per heavy atom. The predicted molar refractivity (Wildman–Crippen MR) is 77.1 cm³/mol. The van der Waals surface area contributed by atoms with Gasteiger partial charge in [-0.15, -0.1) is 0 Å². The Bertz CT molecular complexity index is 541. The van der Waals surface area contributed by atoms with E-state index in [4.69, 9.17) is 9.47 Å². The number of aromatic nitrogens is 2. The van der Waals surface area contributed by atoms with Gasteiger partial charge in [-0.3, -0.25) is 4.98 Å². The van der Waals surface area contributed by atoms with E-state index in [1.807, 2.05) is 45.2 Å². The Labute approximate surface area is 119 Å². The summed E-state index contributed by atoms with van der Waals surface area (Å²) < 4.78 is 11.1. The first kappa shape index (κ1) is 14.3. The van der Waals surface area contributed by atoms with Crippen molar-refractivity contribution in [2.45, 2.75) is 26.5 Å². The molecule has 0 unspecified atom stereocenters. The standard InChI is InChI=1S/C15H19N3O2/c1-11(2)19-14-9-17-10-15(18-14)20-13-6-4-12(5-7-13)8-16-3/h4-7,9-11,16H,8H2,1-3H3. The average molecular weight is 273 g/mol. The number of rotatable bonds is 6. The van der Waals surface area contributed by atoms with Crippen molar-refractivity contribution in [3.63, 3.8) is 0 Å². The molecule has 1 heterocycles. The Morgan fingerprint density at radius 1 is 1.10 bits per heavy atom. The van der Waals surface area contributed by atoms with Gasteiger partial charge in [-0.1, -0.05) is 12.1 Å². The van der Waals surface area contributed by atoms with Crippen molar-refractivity contribution in [3.05, 3.63) is 42.2 Å². The Hall–Kier alpha value is -2.14. The van der Waals surface area contributed by atoms with Crippen LogP contribution in [0.25, 0.3) is 0 Å². The molecule has 0 aliphatic heterocycles. The van der Waals surface area contributed by atoms with Crippen molar-refractivity contribution in [2.24, 2.45) is 0 Å². The van der Waals surface area contributed by atoms with Gasteiger partial charge in [0.05, 0.1) is 18.5 Å². The van der Waals surface area contributed by atoms with Crippen molar-refractivity contribution in [1.29, 1.82) is 0 Å². The van der Waals surface area contributed by atoms with Crippen molar-refractivity contribution in [2.75, 3.05) is 7.05 Å². The summed E-state index contributed by atoms with van der Waals surface area (Å²) >= 11 is 0. The van der Waals surface area contributed by atoms with E-state index in [1.165, 1.54) is 5.56 Å². The highest BCUT2D eigenvalue weighted by Crippen LogP contribution is 2.21. The molecule has 2 aromatic rings. The normalized spacial score (nSPS) is 10.6. The summed E-state index contributed by atoms with van der Waals surface area (Å²) in [6, 6.07) is 7.83. The minimum absolute atomic E-state index is 0.0559. The first-order valence-electron chi connectivity index (χ1n) is 6.57. The maximum absolute atomic E-state index is 5.66. The van der Waals surface area contributed by atoms with E-state index in [1.54, 1.807) is 12.4 Å². The summed E-state index contributed by atoms with van der Waals surface area (Å²) in [5.41, 5.74) is 1.20. The van der Waals surface area contributed by atoms with Gasteiger partial charge in [0.1, 0.15) is 5.75 Å². The van der Waals surface area contributed by atoms with Crippen molar-refractivity contribution < 1.29 is 9.47 Å². The van der Waals surface area contributed by atoms with Crippen LogP contribution in [-0.2, 0) is 6.54 Å². The third-order valence-corrected chi connectivity index (χ3v) is 2.47. The maximum Gasteiger partial charge on any atom is 0.241 e. The van der Waals surface area contributed by atoms with E-state index >= 15 is 0 Å². The minimum atomic E-state index is 0.0559. The molecule has 5 nitrogen and oxygen atoms in total. The number of hydrogen-bond donors (Lipinski definition) is 1. The van der Waals surface area contributed by atoms with Gasteiger partial charge in [0.25, 0.3) is 0 Å². The molecule has 0 atom stereocenters. The topological polar surface area (TPSA) is 56.3 Å². The van der Waals surface area contributed by atoms with Crippen molar-refractivity contribution in [3.8, 4) is 17.5 Å². The zero-order chi connectivity index (χ0) is 14.4. The zero-order valence-electron chi connectivity index (χ0n) is 12.0. The van der Waals surface area contributed by atoms with E-state index in [0.29, 0.717) is 11.8 Å². The van der Waals surface area contributed by atoms with Gasteiger partial charge in [0, 0.05) is 6.54 Å². The van der Waals surface area contributed by atoms with Gasteiger partial charge >= 0.3 is 0 Å². The molecule has 20 heavy (non-hydrogen) atoms. The lowest BCUT2D eigenvalue weighted by Gasteiger charge is -2.10. The van der Waals surface area contributed by atoms with E-state index in [2.05, 4.69) is 15.3 Å². The molecule has 0 saturated carbocycles. The molecule has 1 N–H and O–H groups in total. The smallest absolute Gasteiger partial charge is 0.241 e. The second kappa shape index (κ2) is 6.86. The van der Waals surface area contributed by atoms with Crippen molar-refractivity contribution in [1.82, 2.24) is 15.3 Å². The molecule has 1 aromatic carbocycles. The largest absolute Gasteiger partial charge is 0.474 e. The lowest BCUT2D eigenvalue weighted by molar-refractivity contribution is 0.229. The number of nitrogens with one attached hydrogen (secondary N) is 1. The van der Waals surface area contributed by atoms with Gasteiger partial charge in [-0.2, -0.15) is 4.98 Å². The van der Waals surface area contributed by atoms with Gasteiger partial charge < -0.3 is 14.8 Å². The van der Waals surface area contributed by atoms with Crippen LogP contribution in [0.4, 0.5) is 0 Å². The van der Waals surface area contributed by atoms with Gasteiger partial charge in [-0.05, 0) is 38.6 Å². The van der Waals surface area contributed by atoms with E-state index in [-0.39, 0.29) is 6.10 Å². The number of nitrogens with zero attached hydrogens (tertiary/aromatic N) is 2. The third kappa shape index (κ3) is 4.20. The van der Waals surface area contributed by atoms with Crippen molar-refractivity contribution >= 4 is 0 Å². The van der Waals surface area contributed by atoms with Crippen LogP contribution in [0.2, 0.25) is 0 Å². The molecule has 0 fully saturated rings.